The van der Waals surface area contributed by atoms with Crippen LogP contribution in [0.4, 0.5) is 0 Å². The highest BCUT2D eigenvalue weighted by atomic mass is 16.3. The molecule has 0 spiro atoms. The number of hydrogen-bond acceptors (Lipinski definition) is 2. The Morgan fingerprint density at radius 2 is 2.10 bits per heavy atom. The zero-order valence-corrected chi connectivity index (χ0v) is 13.1. The molecule has 2 heteroatoms. The summed E-state index contributed by atoms with van der Waals surface area (Å²) in [4.78, 5) is 12.5. The van der Waals surface area contributed by atoms with Crippen LogP contribution in [-0.2, 0) is 4.79 Å². The van der Waals surface area contributed by atoms with Crippen LogP contribution in [0, 0.1) is 29.1 Å². The van der Waals surface area contributed by atoms with Gasteiger partial charge >= 0.3 is 0 Å². The van der Waals surface area contributed by atoms with Gasteiger partial charge in [-0.15, -0.1) is 0 Å². The lowest BCUT2D eigenvalue weighted by Crippen LogP contribution is -2.44. The first kappa shape index (κ1) is 13.9. The van der Waals surface area contributed by atoms with Gasteiger partial charge in [-0.25, -0.2) is 0 Å². The van der Waals surface area contributed by atoms with Crippen molar-refractivity contribution in [2.24, 2.45) is 29.1 Å². The van der Waals surface area contributed by atoms with E-state index in [4.69, 9.17) is 0 Å². The number of carbonyl (C=O) groups is 1. The Morgan fingerprint density at radius 1 is 1.40 bits per heavy atom. The molecule has 2 nitrogen and oxygen atoms in total. The van der Waals surface area contributed by atoms with Gasteiger partial charge < -0.3 is 5.11 Å². The topological polar surface area (TPSA) is 37.3 Å². The minimum atomic E-state index is 0.151. The van der Waals surface area contributed by atoms with Crippen molar-refractivity contribution in [3.8, 4) is 0 Å². The lowest BCUT2D eigenvalue weighted by Gasteiger charge is -2.46. The lowest BCUT2D eigenvalue weighted by atomic mass is 9.57. The molecule has 3 aliphatic carbocycles. The van der Waals surface area contributed by atoms with E-state index < -0.39 is 0 Å². The van der Waals surface area contributed by atoms with Gasteiger partial charge in [0.05, 0.1) is 0 Å². The minimum Gasteiger partial charge on any atom is -0.508 e. The van der Waals surface area contributed by atoms with E-state index in [0.717, 1.165) is 12.0 Å². The standard InChI is InChI=1S/C18H26O2/c1-10(2)12-5-6-18(4)9-15(20)16-13(17(12)18)7-11(3)8-14(16)19/h8,10,12-13,17,19H,5-7,9H2,1-4H3/t12-,13?,17-,18+/m1/s1. The molecule has 0 aliphatic heterocycles. The molecule has 4 atom stereocenters. The number of hydrogen-bond donors (Lipinski definition) is 1. The zero-order valence-electron chi connectivity index (χ0n) is 13.1. The normalized spacial score (nSPS) is 40.8. The second-order valence-electron chi connectivity index (χ2n) is 7.83. The molecule has 20 heavy (non-hydrogen) atoms. The van der Waals surface area contributed by atoms with Crippen molar-refractivity contribution < 1.29 is 9.90 Å². The van der Waals surface area contributed by atoms with Gasteiger partial charge in [0.1, 0.15) is 5.76 Å². The number of allylic oxidation sites excluding steroid dienone is 3. The van der Waals surface area contributed by atoms with E-state index in [-0.39, 0.29) is 22.9 Å². The molecule has 0 heterocycles. The second-order valence-corrected chi connectivity index (χ2v) is 7.83. The van der Waals surface area contributed by atoms with Gasteiger partial charge in [0, 0.05) is 12.0 Å². The molecular formula is C18H26O2. The maximum Gasteiger partial charge on any atom is 0.163 e. The molecule has 2 fully saturated rings. The largest absolute Gasteiger partial charge is 0.508 e. The van der Waals surface area contributed by atoms with E-state index in [1.54, 1.807) is 6.08 Å². The summed E-state index contributed by atoms with van der Waals surface area (Å²) >= 11 is 0. The van der Waals surface area contributed by atoms with Crippen LogP contribution in [-0.4, -0.2) is 10.9 Å². The first-order chi connectivity index (χ1) is 9.33. The van der Waals surface area contributed by atoms with Crippen molar-refractivity contribution in [3.63, 3.8) is 0 Å². The van der Waals surface area contributed by atoms with Crippen molar-refractivity contribution in [1.82, 2.24) is 0 Å². The van der Waals surface area contributed by atoms with Crippen LogP contribution >= 0.6 is 0 Å². The van der Waals surface area contributed by atoms with E-state index >= 15 is 0 Å². The summed E-state index contributed by atoms with van der Waals surface area (Å²) in [5.41, 5.74) is 2.10. The Bertz CT molecular complexity index is 512. The maximum absolute atomic E-state index is 12.5. The van der Waals surface area contributed by atoms with Crippen molar-refractivity contribution >= 4 is 5.78 Å². The summed E-state index contributed by atoms with van der Waals surface area (Å²) in [6.07, 6.45) is 5.78. The van der Waals surface area contributed by atoms with E-state index in [9.17, 15) is 9.90 Å². The molecule has 0 amide bonds. The third-order valence-electron chi connectivity index (χ3n) is 6.04. The van der Waals surface area contributed by atoms with Gasteiger partial charge in [0.2, 0.25) is 0 Å². The van der Waals surface area contributed by atoms with Crippen LogP contribution in [0.1, 0.15) is 53.4 Å². The molecule has 1 N–H and O–H groups in total. The van der Waals surface area contributed by atoms with Gasteiger partial charge in [-0.1, -0.05) is 26.3 Å². The third kappa shape index (κ3) is 1.88. The number of aliphatic hydroxyl groups is 1. The van der Waals surface area contributed by atoms with Gasteiger partial charge in [-0.05, 0) is 61.3 Å². The molecule has 0 bridgehead atoms. The molecule has 2 saturated carbocycles. The molecule has 0 aromatic heterocycles. The Hall–Kier alpha value is -1.05. The fourth-order valence-electron chi connectivity index (χ4n) is 5.22. The average molecular weight is 274 g/mol. The van der Waals surface area contributed by atoms with Gasteiger partial charge in [0.25, 0.3) is 0 Å². The van der Waals surface area contributed by atoms with Crippen LogP contribution in [0.15, 0.2) is 23.0 Å². The molecule has 110 valence electrons. The number of Topliss-reactive ketones (excluding diaryl/α,β-unsaturated/α-hetero) is 1. The van der Waals surface area contributed by atoms with E-state index in [2.05, 4.69) is 27.7 Å². The molecule has 0 radical (unpaired) electrons. The molecule has 0 aromatic rings. The first-order valence-electron chi connectivity index (χ1n) is 7.97. The summed E-state index contributed by atoms with van der Waals surface area (Å²) < 4.78 is 0. The Balaban J connectivity index is 2.07. The smallest absolute Gasteiger partial charge is 0.163 e. The average Bonchev–Trinajstić information content (AvgIpc) is 2.65. The van der Waals surface area contributed by atoms with Crippen LogP contribution < -0.4 is 0 Å². The number of carbonyl (C=O) groups excluding carboxylic acids is 1. The Morgan fingerprint density at radius 3 is 2.75 bits per heavy atom. The third-order valence-corrected chi connectivity index (χ3v) is 6.04. The first-order valence-corrected chi connectivity index (χ1v) is 7.97. The van der Waals surface area contributed by atoms with Crippen molar-refractivity contribution in [3.05, 3.63) is 23.0 Å². The van der Waals surface area contributed by atoms with Crippen LogP contribution in [0.2, 0.25) is 0 Å². The predicted octanol–water partition coefficient (Wildman–Crippen LogP) is 4.43. The van der Waals surface area contributed by atoms with E-state index in [1.165, 1.54) is 18.4 Å². The highest BCUT2D eigenvalue weighted by Crippen LogP contribution is 2.61. The van der Waals surface area contributed by atoms with Crippen LogP contribution in [0.25, 0.3) is 0 Å². The fourth-order valence-corrected chi connectivity index (χ4v) is 5.22. The summed E-state index contributed by atoms with van der Waals surface area (Å²) in [6, 6.07) is 0. The fraction of sp³-hybridized carbons (Fsp3) is 0.722. The van der Waals surface area contributed by atoms with Crippen molar-refractivity contribution in [2.75, 3.05) is 0 Å². The quantitative estimate of drug-likeness (QED) is 0.768. The lowest BCUT2D eigenvalue weighted by molar-refractivity contribution is -0.122. The predicted molar refractivity (Wildman–Crippen MR) is 80.3 cm³/mol. The summed E-state index contributed by atoms with van der Waals surface area (Å²) in [5, 5.41) is 10.3. The SMILES string of the molecule is CC1=CC(O)=C2C(=O)C[C@]3(C)CC[C@H](C(C)C)[C@@H]3C2C1. The number of ketones is 1. The van der Waals surface area contributed by atoms with E-state index in [0.29, 0.717) is 24.2 Å². The molecular weight excluding hydrogens is 248 g/mol. The number of aliphatic hydroxyl groups excluding tert-OH is 1. The summed E-state index contributed by atoms with van der Waals surface area (Å²) in [5.74, 6) is 2.60. The molecule has 3 aliphatic rings. The van der Waals surface area contributed by atoms with Gasteiger partial charge in [0.15, 0.2) is 5.78 Å². The summed E-state index contributed by atoms with van der Waals surface area (Å²) in [7, 11) is 0. The maximum atomic E-state index is 12.5. The van der Waals surface area contributed by atoms with Crippen molar-refractivity contribution in [1.29, 1.82) is 0 Å². The highest BCUT2D eigenvalue weighted by Gasteiger charge is 2.55. The van der Waals surface area contributed by atoms with Gasteiger partial charge in [-0.3, -0.25) is 4.79 Å². The van der Waals surface area contributed by atoms with E-state index in [1.807, 2.05) is 0 Å². The molecule has 3 rings (SSSR count). The molecule has 0 aromatic carbocycles. The Labute approximate surface area is 122 Å². The molecule has 1 unspecified atom stereocenters. The van der Waals surface area contributed by atoms with Gasteiger partial charge in [-0.2, -0.15) is 0 Å². The molecule has 0 saturated heterocycles. The summed E-state index contributed by atoms with van der Waals surface area (Å²) in [6.45, 7) is 8.99. The van der Waals surface area contributed by atoms with Crippen LogP contribution in [0.3, 0.4) is 0 Å². The number of fused-ring (bicyclic) bond motifs is 3. The second kappa shape index (κ2) is 4.47. The number of rotatable bonds is 1. The monoisotopic (exact) mass is 274 g/mol. The Kier molecular flexibility index (Phi) is 3.11. The minimum absolute atomic E-state index is 0.151. The highest BCUT2D eigenvalue weighted by molar-refractivity contribution is 5.98. The zero-order chi connectivity index (χ0) is 14.7. The van der Waals surface area contributed by atoms with Crippen LogP contribution in [0.5, 0.6) is 0 Å². The van der Waals surface area contributed by atoms with Crippen molar-refractivity contribution in [2.45, 2.75) is 53.4 Å².